The number of nitrogens with zero attached hydrogens (tertiary/aromatic N) is 1. The normalized spacial score (nSPS) is 17.5. The fourth-order valence-corrected chi connectivity index (χ4v) is 3.47. The summed E-state index contributed by atoms with van der Waals surface area (Å²) in [6, 6.07) is 16.9. The average Bonchev–Trinajstić information content (AvgIpc) is 3.23. The minimum atomic E-state index is -0.308. The first-order chi connectivity index (χ1) is 11.7. The van der Waals surface area contributed by atoms with E-state index < -0.39 is 0 Å². The van der Waals surface area contributed by atoms with Crippen molar-refractivity contribution < 1.29 is 9.18 Å². The number of likely N-dealkylation sites (tertiary alicyclic amines) is 1. The van der Waals surface area contributed by atoms with E-state index in [0.717, 1.165) is 18.5 Å². The Hall–Kier alpha value is -2.62. The highest BCUT2D eigenvalue weighted by molar-refractivity contribution is 5.81. The van der Waals surface area contributed by atoms with Gasteiger partial charge in [0, 0.05) is 30.2 Å². The van der Waals surface area contributed by atoms with Gasteiger partial charge >= 0.3 is 0 Å². The van der Waals surface area contributed by atoms with Gasteiger partial charge < -0.3 is 9.88 Å². The molecule has 1 fully saturated rings. The predicted molar refractivity (Wildman–Crippen MR) is 92.3 cm³/mol. The van der Waals surface area contributed by atoms with Crippen LogP contribution in [-0.4, -0.2) is 28.9 Å². The molecule has 1 aliphatic rings. The predicted octanol–water partition coefficient (Wildman–Crippen LogP) is 3.87. The third kappa shape index (κ3) is 2.80. The van der Waals surface area contributed by atoms with Crippen LogP contribution in [0.3, 0.4) is 0 Å². The van der Waals surface area contributed by atoms with Crippen molar-refractivity contribution in [1.82, 2.24) is 9.88 Å². The summed E-state index contributed by atoms with van der Waals surface area (Å²) in [6.45, 7) is 1.42. The second-order valence-corrected chi connectivity index (χ2v) is 6.41. The number of carbonyl (C=O) groups excluding carboxylic acids is 1. The minimum absolute atomic E-state index is 0.00119. The van der Waals surface area contributed by atoms with Crippen molar-refractivity contribution >= 4 is 16.8 Å². The zero-order valence-electron chi connectivity index (χ0n) is 13.3. The SMILES string of the molecule is O=C(Cc1ccccc1F)N1CCC(c2cc3ccccc3[nH]2)C1. The first-order valence-electron chi connectivity index (χ1n) is 8.29. The molecular formula is C20H19FN2O. The van der Waals surface area contributed by atoms with E-state index in [0.29, 0.717) is 18.0 Å². The summed E-state index contributed by atoms with van der Waals surface area (Å²) in [6.07, 6.45) is 1.07. The number of aromatic nitrogens is 1. The van der Waals surface area contributed by atoms with Crippen molar-refractivity contribution in [3.63, 3.8) is 0 Å². The first kappa shape index (κ1) is 14.9. The lowest BCUT2D eigenvalue weighted by Crippen LogP contribution is -2.30. The number of benzene rings is 2. The molecule has 122 valence electrons. The van der Waals surface area contributed by atoms with Gasteiger partial charge in [0.25, 0.3) is 0 Å². The van der Waals surface area contributed by atoms with Crippen molar-refractivity contribution in [1.29, 1.82) is 0 Å². The van der Waals surface area contributed by atoms with E-state index in [-0.39, 0.29) is 18.1 Å². The number of nitrogens with one attached hydrogen (secondary N) is 1. The zero-order chi connectivity index (χ0) is 16.5. The quantitative estimate of drug-likeness (QED) is 0.781. The molecule has 1 unspecified atom stereocenters. The number of hydrogen-bond donors (Lipinski definition) is 1. The molecule has 1 N–H and O–H groups in total. The highest BCUT2D eigenvalue weighted by atomic mass is 19.1. The molecule has 1 saturated heterocycles. The fraction of sp³-hybridized carbons (Fsp3) is 0.250. The topological polar surface area (TPSA) is 36.1 Å². The number of hydrogen-bond acceptors (Lipinski definition) is 1. The monoisotopic (exact) mass is 322 g/mol. The van der Waals surface area contributed by atoms with E-state index in [1.165, 1.54) is 17.1 Å². The van der Waals surface area contributed by atoms with E-state index in [1.807, 2.05) is 17.0 Å². The first-order valence-corrected chi connectivity index (χ1v) is 8.29. The van der Waals surface area contributed by atoms with Gasteiger partial charge in [-0.25, -0.2) is 4.39 Å². The van der Waals surface area contributed by atoms with Crippen molar-refractivity contribution in [2.24, 2.45) is 0 Å². The summed E-state index contributed by atoms with van der Waals surface area (Å²) < 4.78 is 13.7. The molecule has 0 saturated carbocycles. The van der Waals surface area contributed by atoms with Crippen LogP contribution in [0.1, 0.15) is 23.6 Å². The summed E-state index contributed by atoms with van der Waals surface area (Å²) in [7, 11) is 0. The molecule has 0 spiro atoms. The van der Waals surface area contributed by atoms with Gasteiger partial charge in [0.1, 0.15) is 5.82 Å². The minimum Gasteiger partial charge on any atom is -0.358 e. The molecule has 1 atom stereocenters. The van der Waals surface area contributed by atoms with Crippen molar-refractivity contribution in [2.75, 3.05) is 13.1 Å². The third-order valence-electron chi connectivity index (χ3n) is 4.83. The molecule has 3 aromatic rings. The molecule has 2 aromatic carbocycles. The number of aromatic amines is 1. The number of halogens is 1. The Morgan fingerprint density at radius 2 is 1.96 bits per heavy atom. The summed E-state index contributed by atoms with van der Waals surface area (Å²) >= 11 is 0. The second kappa shape index (κ2) is 6.11. The highest BCUT2D eigenvalue weighted by Crippen LogP contribution is 2.29. The number of fused-ring (bicyclic) bond motifs is 1. The molecule has 4 heteroatoms. The van der Waals surface area contributed by atoms with Crippen molar-refractivity contribution in [3.05, 3.63) is 71.7 Å². The Balaban J connectivity index is 1.46. The van der Waals surface area contributed by atoms with Crippen LogP contribution >= 0.6 is 0 Å². The van der Waals surface area contributed by atoms with E-state index in [4.69, 9.17) is 0 Å². The maximum absolute atomic E-state index is 13.7. The number of H-pyrrole nitrogens is 1. The van der Waals surface area contributed by atoms with Crippen LogP contribution in [0.2, 0.25) is 0 Å². The van der Waals surface area contributed by atoms with Crippen LogP contribution in [-0.2, 0) is 11.2 Å². The average molecular weight is 322 g/mol. The number of para-hydroxylation sites is 1. The fourth-order valence-electron chi connectivity index (χ4n) is 3.47. The third-order valence-corrected chi connectivity index (χ3v) is 4.83. The standard InChI is InChI=1S/C20H19FN2O/c21-17-7-3-1-5-14(17)12-20(24)23-10-9-16(13-23)19-11-15-6-2-4-8-18(15)22-19/h1-8,11,16,22H,9-10,12-13H2. The van der Waals surface area contributed by atoms with Gasteiger partial charge in [0.2, 0.25) is 5.91 Å². The van der Waals surface area contributed by atoms with Gasteiger partial charge in [-0.1, -0.05) is 36.4 Å². The molecule has 24 heavy (non-hydrogen) atoms. The Bertz CT molecular complexity index is 853. The van der Waals surface area contributed by atoms with Crippen LogP contribution < -0.4 is 0 Å². The Kier molecular flexibility index (Phi) is 3.81. The number of carbonyl (C=O) groups is 1. The van der Waals surface area contributed by atoms with Gasteiger partial charge in [-0.05, 0) is 35.6 Å². The molecule has 3 nitrogen and oxygen atoms in total. The van der Waals surface area contributed by atoms with Gasteiger partial charge in [0.05, 0.1) is 6.42 Å². The van der Waals surface area contributed by atoms with Gasteiger partial charge in [-0.15, -0.1) is 0 Å². The number of rotatable bonds is 3. The smallest absolute Gasteiger partial charge is 0.227 e. The summed E-state index contributed by atoms with van der Waals surface area (Å²) in [4.78, 5) is 17.8. The van der Waals surface area contributed by atoms with Crippen LogP contribution in [0.4, 0.5) is 4.39 Å². The zero-order valence-corrected chi connectivity index (χ0v) is 13.3. The van der Waals surface area contributed by atoms with E-state index in [1.54, 1.807) is 18.2 Å². The Morgan fingerprint density at radius 3 is 2.79 bits per heavy atom. The molecule has 0 bridgehead atoms. The maximum Gasteiger partial charge on any atom is 0.227 e. The maximum atomic E-state index is 13.7. The lowest BCUT2D eigenvalue weighted by molar-refractivity contribution is -0.129. The van der Waals surface area contributed by atoms with Crippen molar-refractivity contribution in [3.8, 4) is 0 Å². The van der Waals surface area contributed by atoms with E-state index >= 15 is 0 Å². The molecule has 0 radical (unpaired) electrons. The summed E-state index contributed by atoms with van der Waals surface area (Å²) in [5.74, 6) is 0.0119. The van der Waals surface area contributed by atoms with Crippen LogP contribution in [0, 0.1) is 5.82 Å². The molecular weight excluding hydrogens is 303 g/mol. The van der Waals surface area contributed by atoms with Crippen LogP contribution in [0.5, 0.6) is 0 Å². The van der Waals surface area contributed by atoms with Crippen LogP contribution in [0.25, 0.3) is 10.9 Å². The lowest BCUT2D eigenvalue weighted by atomic mass is 10.1. The molecule has 2 heterocycles. The molecule has 1 aliphatic heterocycles. The lowest BCUT2D eigenvalue weighted by Gasteiger charge is -2.16. The summed E-state index contributed by atoms with van der Waals surface area (Å²) in [5.41, 5.74) is 2.78. The van der Waals surface area contributed by atoms with Gasteiger partial charge in [-0.2, -0.15) is 0 Å². The Morgan fingerprint density at radius 1 is 1.17 bits per heavy atom. The van der Waals surface area contributed by atoms with Crippen molar-refractivity contribution in [2.45, 2.75) is 18.8 Å². The Labute approximate surface area is 140 Å². The van der Waals surface area contributed by atoms with Gasteiger partial charge in [-0.3, -0.25) is 4.79 Å². The molecule has 1 aromatic heterocycles. The summed E-state index contributed by atoms with van der Waals surface area (Å²) in [5, 5.41) is 1.20. The van der Waals surface area contributed by atoms with E-state index in [9.17, 15) is 9.18 Å². The largest absolute Gasteiger partial charge is 0.358 e. The van der Waals surface area contributed by atoms with E-state index in [2.05, 4.69) is 23.2 Å². The molecule has 1 amide bonds. The molecule has 4 rings (SSSR count). The van der Waals surface area contributed by atoms with Gasteiger partial charge in [0.15, 0.2) is 0 Å². The highest BCUT2D eigenvalue weighted by Gasteiger charge is 2.28. The second-order valence-electron chi connectivity index (χ2n) is 6.41. The number of amides is 1. The molecule has 0 aliphatic carbocycles. The van der Waals surface area contributed by atoms with Crippen LogP contribution in [0.15, 0.2) is 54.6 Å².